The molecule has 33 heavy (non-hydrogen) atoms. The smallest absolute Gasteiger partial charge is 0.226 e. The molecule has 2 fully saturated rings. The Morgan fingerprint density at radius 2 is 1.73 bits per heavy atom. The summed E-state index contributed by atoms with van der Waals surface area (Å²) in [4.78, 5) is 12.8. The number of carbonyl (C=O) groups is 1. The van der Waals surface area contributed by atoms with Crippen molar-refractivity contribution in [3.63, 3.8) is 0 Å². The number of carbonyl (C=O) groups excluding carboxylic acids is 1. The van der Waals surface area contributed by atoms with Gasteiger partial charge in [-0.05, 0) is 73.9 Å². The molecule has 0 unspecified atom stereocenters. The summed E-state index contributed by atoms with van der Waals surface area (Å²) in [6, 6.07) is 13.9. The van der Waals surface area contributed by atoms with Crippen molar-refractivity contribution in [3.05, 3.63) is 68.7 Å². The van der Waals surface area contributed by atoms with E-state index >= 15 is 0 Å². The average Bonchev–Trinajstić information content (AvgIpc) is 2.97. The van der Waals surface area contributed by atoms with Crippen LogP contribution >= 0.6 is 48.3 Å². The predicted octanol–water partition coefficient (Wildman–Crippen LogP) is 6.56. The third-order valence-corrected chi connectivity index (χ3v) is 7.62. The fourth-order valence-corrected chi connectivity index (χ4v) is 5.99. The number of amides is 1. The van der Waals surface area contributed by atoms with Crippen LogP contribution in [0.15, 0.2) is 42.5 Å². The quantitative estimate of drug-likeness (QED) is 0.435. The zero-order valence-corrected chi connectivity index (χ0v) is 22.2. The van der Waals surface area contributed by atoms with Crippen molar-refractivity contribution in [2.24, 2.45) is 11.3 Å². The summed E-state index contributed by atoms with van der Waals surface area (Å²) in [7, 11) is 0. The summed E-state index contributed by atoms with van der Waals surface area (Å²) in [5.41, 5.74) is 1.95. The molecule has 2 aromatic rings. The third-order valence-electron chi connectivity index (χ3n) is 6.80. The molecular formula is C26H30Cl3NO2S. The molecule has 1 aliphatic heterocycles. The molecule has 7 heteroatoms. The minimum absolute atomic E-state index is 0. The van der Waals surface area contributed by atoms with Crippen LogP contribution in [0.25, 0.3) is 0 Å². The Hall–Kier alpha value is -1.35. The fraction of sp³-hybridized carbons (Fsp3) is 0.423. The molecule has 4 rings (SSSR count). The van der Waals surface area contributed by atoms with E-state index in [1.807, 2.05) is 30.3 Å². The summed E-state index contributed by atoms with van der Waals surface area (Å²) in [5.74, 6) is 2.84. The van der Waals surface area contributed by atoms with Gasteiger partial charge in [-0.2, -0.15) is 13.5 Å². The second kappa shape index (κ2) is 11.4. The summed E-state index contributed by atoms with van der Waals surface area (Å²) < 4.78 is 0. The Labute approximate surface area is 218 Å². The van der Waals surface area contributed by atoms with Crippen molar-refractivity contribution in [1.82, 2.24) is 5.32 Å². The summed E-state index contributed by atoms with van der Waals surface area (Å²) in [6.45, 7) is 5.77. The van der Waals surface area contributed by atoms with Crippen molar-refractivity contribution in [1.29, 1.82) is 0 Å². The lowest BCUT2D eigenvalue weighted by Gasteiger charge is -2.46. The maximum Gasteiger partial charge on any atom is 0.226 e. The molecule has 0 radical (unpaired) electrons. The van der Waals surface area contributed by atoms with Crippen molar-refractivity contribution in [2.75, 3.05) is 0 Å². The number of rotatable bonds is 2. The maximum absolute atomic E-state index is 12.8. The number of fused-ring (bicyclic) bond motifs is 1. The van der Waals surface area contributed by atoms with E-state index in [4.69, 9.17) is 39.9 Å². The van der Waals surface area contributed by atoms with Gasteiger partial charge in [0.05, 0.1) is 5.41 Å². The minimum atomic E-state index is -0.588. The van der Waals surface area contributed by atoms with Crippen LogP contribution in [-0.2, 0) is 4.79 Å². The first-order chi connectivity index (χ1) is 15.1. The lowest BCUT2D eigenvalue weighted by Crippen LogP contribution is -2.42. The van der Waals surface area contributed by atoms with E-state index in [0.717, 1.165) is 18.4 Å². The van der Waals surface area contributed by atoms with Gasteiger partial charge in [-0.3, -0.25) is 4.79 Å². The van der Waals surface area contributed by atoms with E-state index in [1.165, 1.54) is 5.56 Å². The molecule has 3 nitrogen and oxygen atoms in total. The van der Waals surface area contributed by atoms with Crippen LogP contribution in [0.1, 0.15) is 56.6 Å². The van der Waals surface area contributed by atoms with Gasteiger partial charge in [0.2, 0.25) is 5.91 Å². The summed E-state index contributed by atoms with van der Waals surface area (Å²) in [5, 5.41) is 13.4. The minimum Gasteiger partial charge on any atom is -0.381 e. The number of aliphatic hydroxyl groups excluding tert-OH is 1. The highest BCUT2D eigenvalue weighted by molar-refractivity contribution is 7.59. The van der Waals surface area contributed by atoms with Gasteiger partial charge in [-0.1, -0.05) is 65.8 Å². The number of halogens is 3. The number of nitrogens with one attached hydrogen (secondary N) is 1. The number of hydrogen-bond donors (Lipinski definition) is 2. The van der Waals surface area contributed by atoms with Gasteiger partial charge < -0.3 is 10.4 Å². The van der Waals surface area contributed by atoms with Crippen molar-refractivity contribution in [2.45, 2.75) is 57.6 Å². The van der Waals surface area contributed by atoms with Crippen LogP contribution in [-0.4, -0.2) is 23.2 Å². The Bertz CT molecular complexity index is 1020. The van der Waals surface area contributed by atoms with Gasteiger partial charge in [-0.25, -0.2) is 0 Å². The van der Waals surface area contributed by atoms with Crippen LogP contribution in [0.3, 0.4) is 0 Å². The molecule has 2 aliphatic rings. The fourth-order valence-electron chi connectivity index (χ4n) is 5.31. The monoisotopic (exact) mass is 525 g/mol. The molecule has 1 saturated carbocycles. The van der Waals surface area contributed by atoms with E-state index in [9.17, 15) is 4.79 Å². The van der Waals surface area contributed by atoms with Crippen molar-refractivity contribution < 1.29 is 9.90 Å². The van der Waals surface area contributed by atoms with E-state index in [-0.39, 0.29) is 48.6 Å². The highest BCUT2D eigenvalue weighted by Crippen LogP contribution is 2.59. The Kier molecular flexibility index (Phi) is 9.62. The van der Waals surface area contributed by atoms with E-state index in [1.54, 1.807) is 6.92 Å². The highest BCUT2D eigenvalue weighted by atomic mass is 35.5. The molecule has 2 N–H and O–H groups in total. The van der Waals surface area contributed by atoms with Crippen LogP contribution < -0.4 is 5.32 Å². The first-order valence-corrected chi connectivity index (χ1v) is 11.9. The lowest BCUT2D eigenvalue weighted by atomic mass is 9.56. The largest absolute Gasteiger partial charge is 0.381 e. The molecule has 1 heterocycles. The standard InChI is InChI=1S/C22H22Cl3NO.C4H6O.H2S/c1-12-20-19(13-3-5-14(23)6-4-13)17(9-10-22(20,2)21(27)26-12)16-8-7-15(24)11-18(16)25;1-3-4(2)5;/h3-8,11-12,17,19-20H,9-10H2,1-2H3,(H,26,27);1,4-5H,2H3;1H2/t12-,17+,19+,20+,22-;4-;/m10./s1. The van der Waals surface area contributed by atoms with Gasteiger partial charge in [0, 0.05) is 27.0 Å². The first kappa shape index (κ1) is 27.9. The molecular weight excluding hydrogens is 497 g/mol. The number of terminal acetylenes is 1. The molecule has 0 bridgehead atoms. The van der Waals surface area contributed by atoms with Gasteiger partial charge in [0.15, 0.2) is 0 Å². The highest BCUT2D eigenvalue weighted by Gasteiger charge is 2.57. The van der Waals surface area contributed by atoms with Crippen molar-refractivity contribution in [3.8, 4) is 12.3 Å². The Morgan fingerprint density at radius 3 is 2.27 bits per heavy atom. The summed E-state index contributed by atoms with van der Waals surface area (Å²) in [6.07, 6.45) is 5.84. The third kappa shape index (κ3) is 5.84. The molecule has 1 aliphatic carbocycles. The average molecular weight is 527 g/mol. The van der Waals surface area contributed by atoms with Crippen LogP contribution in [0.2, 0.25) is 15.1 Å². The molecule has 0 aromatic heterocycles. The van der Waals surface area contributed by atoms with Crippen molar-refractivity contribution >= 4 is 54.2 Å². The Morgan fingerprint density at radius 1 is 1.15 bits per heavy atom. The zero-order chi connectivity index (χ0) is 23.6. The molecule has 1 amide bonds. The van der Waals surface area contributed by atoms with E-state index in [2.05, 4.69) is 43.6 Å². The first-order valence-electron chi connectivity index (χ1n) is 10.7. The molecule has 1 saturated heterocycles. The Balaban J connectivity index is 0.000000583. The SMILES string of the molecule is C#C[C@H](C)O.C[C@H]1NC(=O)[C@]2(C)CC[C@@H](c3ccc(Cl)cc3Cl)[C@H](c3ccc(Cl)cc3)[C@H]12.S. The molecule has 178 valence electrons. The number of aliphatic hydroxyl groups is 1. The summed E-state index contributed by atoms with van der Waals surface area (Å²) >= 11 is 18.9. The number of hydrogen-bond acceptors (Lipinski definition) is 2. The second-order valence-electron chi connectivity index (χ2n) is 8.94. The van der Waals surface area contributed by atoms with E-state index in [0.29, 0.717) is 15.1 Å². The van der Waals surface area contributed by atoms with Gasteiger partial charge in [0.1, 0.15) is 6.10 Å². The number of benzene rings is 2. The molecule has 2 aromatic carbocycles. The van der Waals surface area contributed by atoms with Crippen LogP contribution in [0.4, 0.5) is 0 Å². The lowest BCUT2D eigenvalue weighted by molar-refractivity contribution is -0.129. The maximum atomic E-state index is 12.8. The van der Waals surface area contributed by atoms with Crippen LogP contribution in [0, 0.1) is 23.7 Å². The normalized spacial score (nSPS) is 28.8. The molecule has 0 spiro atoms. The second-order valence-corrected chi connectivity index (χ2v) is 10.2. The topological polar surface area (TPSA) is 49.3 Å². The predicted molar refractivity (Wildman–Crippen MR) is 143 cm³/mol. The van der Waals surface area contributed by atoms with Gasteiger partial charge >= 0.3 is 0 Å². The van der Waals surface area contributed by atoms with Crippen LogP contribution in [0.5, 0.6) is 0 Å². The van der Waals surface area contributed by atoms with E-state index < -0.39 is 6.10 Å². The van der Waals surface area contributed by atoms with Gasteiger partial charge in [0.25, 0.3) is 0 Å². The van der Waals surface area contributed by atoms with Gasteiger partial charge in [-0.15, -0.1) is 6.42 Å². The zero-order valence-electron chi connectivity index (χ0n) is 18.9. The molecule has 6 atom stereocenters.